The predicted molar refractivity (Wildman–Crippen MR) is 83.4 cm³/mol. The first-order valence-corrected chi connectivity index (χ1v) is 7.73. The van der Waals surface area contributed by atoms with Gasteiger partial charge in [0, 0.05) is 12.1 Å². The molecule has 1 amide bonds. The van der Waals surface area contributed by atoms with E-state index in [9.17, 15) is 4.79 Å². The summed E-state index contributed by atoms with van der Waals surface area (Å²) in [7, 11) is 0. The van der Waals surface area contributed by atoms with Crippen molar-refractivity contribution < 1.29 is 4.79 Å². The molecular weight excluding hydrogens is 308 g/mol. The van der Waals surface area contributed by atoms with Gasteiger partial charge in [-0.25, -0.2) is 14.3 Å². The topological polar surface area (TPSA) is 94.6 Å². The van der Waals surface area contributed by atoms with E-state index in [-0.39, 0.29) is 18.5 Å². The van der Waals surface area contributed by atoms with Crippen LogP contribution in [0.25, 0.3) is 11.4 Å². The van der Waals surface area contributed by atoms with Gasteiger partial charge >= 0.3 is 0 Å². The number of rotatable bonds is 3. The van der Waals surface area contributed by atoms with E-state index in [1.54, 1.807) is 4.90 Å². The number of hydrogen-bond donors (Lipinski definition) is 0. The summed E-state index contributed by atoms with van der Waals surface area (Å²) in [4.78, 5) is 18.9. The van der Waals surface area contributed by atoms with Gasteiger partial charge in [-0.2, -0.15) is 5.10 Å². The number of benzene rings is 1. The molecule has 0 spiro atoms. The van der Waals surface area contributed by atoms with Crippen LogP contribution in [0.15, 0.2) is 36.7 Å². The molecule has 3 aromatic rings. The Labute approximate surface area is 137 Å². The number of amides is 1. The van der Waals surface area contributed by atoms with Gasteiger partial charge < -0.3 is 4.90 Å². The fourth-order valence-corrected chi connectivity index (χ4v) is 2.90. The van der Waals surface area contributed by atoms with Crippen molar-refractivity contribution in [2.75, 3.05) is 6.54 Å². The lowest BCUT2D eigenvalue weighted by atomic mass is 10.2. The average molecular weight is 324 g/mol. The second-order valence-corrected chi connectivity index (χ2v) is 5.65. The zero-order valence-corrected chi connectivity index (χ0v) is 13.1. The van der Waals surface area contributed by atoms with Crippen LogP contribution in [-0.2, 0) is 17.9 Å². The fourth-order valence-electron chi connectivity index (χ4n) is 2.90. The molecule has 4 rings (SSSR count). The van der Waals surface area contributed by atoms with Crippen molar-refractivity contribution in [3.63, 3.8) is 0 Å². The van der Waals surface area contributed by atoms with Crippen LogP contribution >= 0.6 is 0 Å². The summed E-state index contributed by atoms with van der Waals surface area (Å²) < 4.78 is 3.30. The Kier molecular flexibility index (Phi) is 3.52. The van der Waals surface area contributed by atoms with Crippen molar-refractivity contribution in [2.24, 2.45) is 0 Å². The summed E-state index contributed by atoms with van der Waals surface area (Å²) in [5.41, 5.74) is 0.971. The third-order valence-electron chi connectivity index (χ3n) is 4.14. The van der Waals surface area contributed by atoms with E-state index in [2.05, 4.69) is 25.6 Å². The molecule has 9 heteroatoms. The minimum atomic E-state index is -0.146. The Balaban J connectivity index is 1.57. The third kappa shape index (κ3) is 2.53. The molecule has 1 aromatic carbocycles. The lowest BCUT2D eigenvalue weighted by Gasteiger charge is -2.32. The molecular formula is C15H16N8O. The summed E-state index contributed by atoms with van der Waals surface area (Å²) in [6, 6.07) is 9.69. The molecule has 0 N–H and O–H groups in total. The highest BCUT2D eigenvalue weighted by Gasteiger charge is 2.30. The van der Waals surface area contributed by atoms with Crippen molar-refractivity contribution in [1.29, 1.82) is 0 Å². The van der Waals surface area contributed by atoms with Crippen LogP contribution in [-0.4, -0.2) is 52.3 Å². The van der Waals surface area contributed by atoms with Crippen LogP contribution in [0, 0.1) is 0 Å². The maximum Gasteiger partial charge on any atom is 0.245 e. The fraction of sp³-hybridized carbons (Fsp3) is 0.333. The van der Waals surface area contributed by atoms with Gasteiger partial charge in [-0.05, 0) is 17.4 Å². The molecule has 2 aromatic heterocycles. The standard InChI is InChI=1S/C15H16N8O/c1-11-15-17-14(12-5-3-2-4-6-12)18-23(15)8-7-22(11)13(24)9-21-10-16-19-20-21/h2-6,10-11H,7-9H2,1H3/t11-/m0/s1. The van der Waals surface area contributed by atoms with E-state index in [1.807, 2.05) is 41.9 Å². The molecule has 0 radical (unpaired) electrons. The van der Waals surface area contributed by atoms with Gasteiger partial charge in [0.2, 0.25) is 5.91 Å². The lowest BCUT2D eigenvalue weighted by Crippen LogP contribution is -2.43. The minimum absolute atomic E-state index is 0.0367. The first kappa shape index (κ1) is 14.5. The molecule has 0 unspecified atom stereocenters. The van der Waals surface area contributed by atoms with Crippen molar-refractivity contribution in [2.45, 2.75) is 26.1 Å². The first-order valence-electron chi connectivity index (χ1n) is 7.73. The molecule has 0 fully saturated rings. The van der Waals surface area contributed by atoms with Gasteiger partial charge in [-0.3, -0.25) is 4.79 Å². The van der Waals surface area contributed by atoms with Gasteiger partial charge in [0.1, 0.15) is 18.7 Å². The number of aromatic nitrogens is 7. The molecule has 3 heterocycles. The maximum absolute atomic E-state index is 12.5. The van der Waals surface area contributed by atoms with Gasteiger partial charge in [0.15, 0.2) is 5.82 Å². The summed E-state index contributed by atoms with van der Waals surface area (Å²) in [6.45, 7) is 3.30. The molecule has 0 aliphatic carbocycles. The zero-order chi connectivity index (χ0) is 16.5. The summed E-state index contributed by atoms with van der Waals surface area (Å²) in [5.74, 6) is 1.45. The second-order valence-electron chi connectivity index (χ2n) is 5.65. The van der Waals surface area contributed by atoms with E-state index >= 15 is 0 Å². The quantitative estimate of drug-likeness (QED) is 0.698. The Morgan fingerprint density at radius 3 is 2.83 bits per heavy atom. The molecule has 9 nitrogen and oxygen atoms in total. The van der Waals surface area contributed by atoms with Gasteiger partial charge in [0.05, 0.1) is 12.6 Å². The number of carbonyl (C=O) groups excluding carboxylic acids is 1. The van der Waals surface area contributed by atoms with Crippen molar-refractivity contribution in [1.82, 2.24) is 39.9 Å². The molecule has 1 aliphatic rings. The predicted octanol–water partition coefficient (Wildman–Crippen LogP) is 0.535. The first-order chi connectivity index (χ1) is 11.7. The van der Waals surface area contributed by atoms with E-state index < -0.39 is 0 Å². The summed E-state index contributed by atoms with van der Waals surface area (Å²) in [5, 5.41) is 15.4. The van der Waals surface area contributed by atoms with Crippen LogP contribution in [0.2, 0.25) is 0 Å². The Bertz CT molecular complexity index is 842. The molecule has 1 aliphatic heterocycles. The minimum Gasteiger partial charge on any atom is -0.329 e. The average Bonchev–Trinajstić information content (AvgIpc) is 3.25. The lowest BCUT2D eigenvalue weighted by molar-refractivity contribution is -0.135. The number of nitrogens with zero attached hydrogens (tertiary/aromatic N) is 8. The highest BCUT2D eigenvalue weighted by molar-refractivity contribution is 5.76. The monoisotopic (exact) mass is 324 g/mol. The number of fused-ring (bicyclic) bond motifs is 1. The smallest absolute Gasteiger partial charge is 0.245 e. The highest BCUT2D eigenvalue weighted by Crippen LogP contribution is 2.26. The van der Waals surface area contributed by atoms with Gasteiger partial charge in [-0.1, -0.05) is 30.3 Å². The molecule has 0 bridgehead atoms. The number of hydrogen-bond acceptors (Lipinski definition) is 6. The van der Waals surface area contributed by atoms with Crippen LogP contribution in [0.3, 0.4) is 0 Å². The Hall–Kier alpha value is -3.10. The summed E-state index contributed by atoms with van der Waals surface area (Å²) >= 11 is 0. The molecule has 0 saturated carbocycles. The maximum atomic E-state index is 12.5. The third-order valence-corrected chi connectivity index (χ3v) is 4.14. The van der Waals surface area contributed by atoms with Crippen LogP contribution in [0.1, 0.15) is 18.8 Å². The van der Waals surface area contributed by atoms with Crippen LogP contribution in [0.4, 0.5) is 0 Å². The highest BCUT2D eigenvalue weighted by atomic mass is 16.2. The van der Waals surface area contributed by atoms with E-state index in [0.717, 1.165) is 11.4 Å². The zero-order valence-electron chi connectivity index (χ0n) is 13.1. The SMILES string of the molecule is C[C@H]1c2nc(-c3ccccc3)nn2CCN1C(=O)Cn1cnnn1. The van der Waals surface area contributed by atoms with Crippen LogP contribution in [0.5, 0.6) is 0 Å². The second kappa shape index (κ2) is 5.84. The normalized spacial score (nSPS) is 16.9. The van der Waals surface area contributed by atoms with Gasteiger partial charge in [-0.15, -0.1) is 5.10 Å². The Morgan fingerprint density at radius 1 is 1.25 bits per heavy atom. The molecule has 122 valence electrons. The molecule has 0 saturated heterocycles. The van der Waals surface area contributed by atoms with E-state index in [1.165, 1.54) is 11.0 Å². The summed E-state index contributed by atoms with van der Waals surface area (Å²) in [6.07, 6.45) is 1.43. The van der Waals surface area contributed by atoms with Gasteiger partial charge in [0.25, 0.3) is 0 Å². The largest absolute Gasteiger partial charge is 0.329 e. The molecule has 1 atom stereocenters. The van der Waals surface area contributed by atoms with E-state index in [4.69, 9.17) is 0 Å². The van der Waals surface area contributed by atoms with Crippen molar-refractivity contribution in [3.05, 3.63) is 42.5 Å². The number of tetrazole rings is 1. The van der Waals surface area contributed by atoms with Crippen LogP contribution < -0.4 is 0 Å². The number of carbonyl (C=O) groups is 1. The molecule has 24 heavy (non-hydrogen) atoms. The van der Waals surface area contributed by atoms with Crippen molar-refractivity contribution in [3.8, 4) is 11.4 Å². The Morgan fingerprint density at radius 2 is 2.08 bits per heavy atom. The van der Waals surface area contributed by atoms with Crippen molar-refractivity contribution >= 4 is 5.91 Å². The van der Waals surface area contributed by atoms with E-state index in [0.29, 0.717) is 18.9 Å².